The predicted molar refractivity (Wildman–Crippen MR) is 57.1 cm³/mol. The zero-order valence-electron chi connectivity index (χ0n) is 10.2. The smallest absolute Gasteiger partial charge is 0.407 e. The molecular formula is C10H20N2O4. The van der Waals surface area contributed by atoms with Crippen molar-refractivity contribution in [3.8, 4) is 0 Å². The van der Waals surface area contributed by atoms with E-state index in [1.165, 1.54) is 0 Å². The normalized spacial score (nSPS) is 29.1. The summed E-state index contributed by atoms with van der Waals surface area (Å²) in [6.07, 6.45) is -0.509. The number of amides is 1. The Bertz CT molecular complexity index is 270. The number of nitrogens with one attached hydrogen (secondary N) is 1. The molecule has 0 radical (unpaired) electrons. The fourth-order valence-corrected chi connectivity index (χ4v) is 1.64. The van der Waals surface area contributed by atoms with Crippen molar-refractivity contribution in [2.24, 2.45) is 0 Å². The first-order chi connectivity index (χ1) is 7.32. The number of hydroxylamine groups is 2. The maximum atomic E-state index is 11.1. The molecule has 6 nitrogen and oxygen atoms in total. The summed E-state index contributed by atoms with van der Waals surface area (Å²) in [7, 11) is 0. The molecule has 1 saturated heterocycles. The molecule has 0 saturated carbocycles. The lowest BCUT2D eigenvalue weighted by Crippen LogP contribution is -2.54. The number of nitrogens with zero attached hydrogens (tertiary/aromatic N) is 1. The quantitative estimate of drug-likeness (QED) is 0.758. The van der Waals surface area contributed by atoms with Gasteiger partial charge in [0, 0.05) is 0 Å². The maximum absolute atomic E-state index is 11.1. The van der Waals surface area contributed by atoms with Crippen molar-refractivity contribution in [3.05, 3.63) is 0 Å². The van der Waals surface area contributed by atoms with Gasteiger partial charge in [-0.1, -0.05) is 0 Å². The average molecular weight is 232 g/mol. The largest absolute Gasteiger partial charge is 0.450 e. The molecule has 2 N–H and O–H groups in total. The van der Waals surface area contributed by atoms with Crippen LogP contribution in [-0.2, 0) is 9.47 Å². The van der Waals surface area contributed by atoms with Crippen molar-refractivity contribution >= 4 is 6.09 Å². The highest BCUT2D eigenvalue weighted by Crippen LogP contribution is 2.32. The van der Waals surface area contributed by atoms with Crippen molar-refractivity contribution in [2.45, 2.75) is 39.0 Å². The number of alkyl carbamates (subject to hydrolysis) is 1. The topological polar surface area (TPSA) is 71.0 Å². The van der Waals surface area contributed by atoms with Gasteiger partial charge in [-0.05, 0) is 27.7 Å². The summed E-state index contributed by atoms with van der Waals surface area (Å²) < 4.78 is 10.2. The van der Waals surface area contributed by atoms with Crippen molar-refractivity contribution < 1.29 is 19.5 Å². The molecule has 0 aromatic heterocycles. The van der Waals surface area contributed by atoms with Crippen molar-refractivity contribution in [1.29, 1.82) is 0 Å². The number of carbonyl (C=O) groups is 1. The molecule has 0 spiro atoms. The Morgan fingerprint density at radius 2 is 2.19 bits per heavy atom. The highest BCUT2D eigenvalue weighted by Gasteiger charge is 2.48. The summed E-state index contributed by atoms with van der Waals surface area (Å²) in [5, 5.41) is 13.6. The second kappa shape index (κ2) is 4.57. The van der Waals surface area contributed by atoms with Gasteiger partial charge < -0.3 is 20.0 Å². The second-order valence-electron chi connectivity index (χ2n) is 4.66. The first-order valence-corrected chi connectivity index (χ1v) is 5.35. The molecule has 1 amide bonds. The predicted octanol–water partition coefficient (Wildman–Crippen LogP) is 0.949. The Kier molecular flexibility index (Phi) is 3.77. The third kappa shape index (κ3) is 2.63. The molecule has 16 heavy (non-hydrogen) atoms. The van der Waals surface area contributed by atoms with Gasteiger partial charge in [0.2, 0.25) is 0 Å². The molecular weight excluding hydrogens is 212 g/mol. The van der Waals surface area contributed by atoms with E-state index in [0.717, 1.165) is 5.06 Å². The summed E-state index contributed by atoms with van der Waals surface area (Å²) in [6.45, 7) is 8.07. The maximum Gasteiger partial charge on any atom is 0.407 e. The zero-order chi connectivity index (χ0) is 12.4. The molecule has 0 aromatic carbocycles. The van der Waals surface area contributed by atoms with Gasteiger partial charge in [0.1, 0.15) is 0 Å². The molecule has 0 bridgehead atoms. The van der Waals surface area contributed by atoms with E-state index >= 15 is 0 Å². The standard InChI is InChI=1S/C10H20N2O4/c1-5-15-8(13)11-6-10(4)12(14)9(2,3)7-16-10/h14H,5-7H2,1-4H3,(H,11,13). The fourth-order valence-electron chi connectivity index (χ4n) is 1.64. The van der Waals surface area contributed by atoms with Crippen molar-refractivity contribution in [1.82, 2.24) is 10.4 Å². The van der Waals surface area contributed by atoms with Gasteiger partial charge in [-0.2, -0.15) is 5.06 Å². The lowest BCUT2D eigenvalue weighted by atomic mass is 10.1. The van der Waals surface area contributed by atoms with Crippen LogP contribution < -0.4 is 5.32 Å². The van der Waals surface area contributed by atoms with Crippen LogP contribution in [0.3, 0.4) is 0 Å². The molecule has 6 heteroatoms. The number of ether oxygens (including phenoxy) is 2. The molecule has 94 valence electrons. The summed E-state index contributed by atoms with van der Waals surface area (Å²) in [6, 6.07) is 0. The van der Waals surface area contributed by atoms with E-state index in [0.29, 0.717) is 13.2 Å². The molecule has 1 atom stereocenters. The molecule has 1 aliphatic heterocycles. The molecule has 1 unspecified atom stereocenters. The molecule has 1 fully saturated rings. The van der Waals surface area contributed by atoms with Crippen LogP contribution in [0.15, 0.2) is 0 Å². The first-order valence-electron chi connectivity index (χ1n) is 5.35. The average Bonchev–Trinajstić information content (AvgIpc) is 2.42. The highest BCUT2D eigenvalue weighted by atomic mass is 16.6. The van der Waals surface area contributed by atoms with Gasteiger partial charge in [0.25, 0.3) is 0 Å². The van der Waals surface area contributed by atoms with Crippen LogP contribution in [0.25, 0.3) is 0 Å². The molecule has 1 heterocycles. The van der Waals surface area contributed by atoms with Crippen LogP contribution in [0.1, 0.15) is 27.7 Å². The number of rotatable bonds is 3. The van der Waals surface area contributed by atoms with Crippen molar-refractivity contribution in [2.75, 3.05) is 19.8 Å². The van der Waals surface area contributed by atoms with Gasteiger partial charge in [-0.15, -0.1) is 0 Å². The first kappa shape index (κ1) is 13.2. The molecule has 0 aliphatic carbocycles. The van der Waals surface area contributed by atoms with E-state index in [-0.39, 0.29) is 6.54 Å². The van der Waals surface area contributed by atoms with E-state index in [1.54, 1.807) is 13.8 Å². The minimum absolute atomic E-state index is 0.172. The third-order valence-corrected chi connectivity index (χ3v) is 2.59. The van der Waals surface area contributed by atoms with Crippen LogP contribution in [0.5, 0.6) is 0 Å². The lowest BCUT2D eigenvalue weighted by Gasteiger charge is -2.34. The minimum atomic E-state index is -0.906. The van der Waals surface area contributed by atoms with Gasteiger partial charge in [-0.25, -0.2) is 4.79 Å². The van der Waals surface area contributed by atoms with E-state index < -0.39 is 17.4 Å². The summed E-state index contributed by atoms with van der Waals surface area (Å²) in [5.74, 6) is 0. The van der Waals surface area contributed by atoms with Gasteiger partial charge >= 0.3 is 6.09 Å². The molecule has 1 rings (SSSR count). The Hall–Kier alpha value is -0.850. The van der Waals surface area contributed by atoms with Crippen LogP contribution in [0.2, 0.25) is 0 Å². The molecule has 1 aliphatic rings. The minimum Gasteiger partial charge on any atom is -0.450 e. The van der Waals surface area contributed by atoms with Crippen molar-refractivity contribution in [3.63, 3.8) is 0 Å². The van der Waals surface area contributed by atoms with Gasteiger partial charge in [0.05, 0.1) is 25.3 Å². The summed E-state index contributed by atoms with van der Waals surface area (Å²) >= 11 is 0. The van der Waals surface area contributed by atoms with E-state index in [9.17, 15) is 10.0 Å². The Labute approximate surface area is 95.5 Å². The Morgan fingerprint density at radius 1 is 1.56 bits per heavy atom. The van der Waals surface area contributed by atoms with Crippen LogP contribution >= 0.6 is 0 Å². The lowest BCUT2D eigenvalue weighted by molar-refractivity contribution is -0.238. The van der Waals surface area contributed by atoms with Gasteiger partial charge in [0.15, 0.2) is 5.72 Å². The van der Waals surface area contributed by atoms with Crippen LogP contribution in [0.4, 0.5) is 4.79 Å². The third-order valence-electron chi connectivity index (χ3n) is 2.59. The highest BCUT2D eigenvalue weighted by molar-refractivity contribution is 5.67. The van der Waals surface area contributed by atoms with E-state index in [2.05, 4.69) is 5.32 Å². The SMILES string of the molecule is CCOC(=O)NCC1(C)OCC(C)(C)N1O. The fraction of sp³-hybridized carbons (Fsp3) is 0.900. The Balaban J connectivity index is 2.51. The Morgan fingerprint density at radius 3 is 2.62 bits per heavy atom. The monoisotopic (exact) mass is 232 g/mol. The zero-order valence-corrected chi connectivity index (χ0v) is 10.2. The number of carbonyl (C=O) groups excluding carboxylic acids is 1. The number of hydrogen-bond donors (Lipinski definition) is 2. The van der Waals surface area contributed by atoms with Crippen LogP contribution in [-0.4, -0.2) is 47.4 Å². The molecule has 0 aromatic rings. The van der Waals surface area contributed by atoms with Crippen LogP contribution in [0, 0.1) is 0 Å². The van der Waals surface area contributed by atoms with Gasteiger partial charge in [-0.3, -0.25) is 0 Å². The number of hydrogen-bond acceptors (Lipinski definition) is 5. The summed E-state index contributed by atoms with van der Waals surface area (Å²) in [5.41, 5.74) is -1.36. The second-order valence-corrected chi connectivity index (χ2v) is 4.66. The summed E-state index contributed by atoms with van der Waals surface area (Å²) in [4.78, 5) is 11.1. The van der Waals surface area contributed by atoms with E-state index in [1.807, 2.05) is 13.8 Å². The van der Waals surface area contributed by atoms with E-state index in [4.69, 9.17) is 9.47 Å².